The van der Waals surface area contributed by atoms with E-state index in [0.29, 0.717) is 12.8 Å². The number of ether oxygens (including phenoxy) is 1. The smallest absolute Gasteiger partial charge is 0.308 e. The zero-order valence-corrected chi connectivity index (χ0v) is 16.7. The first-order valence-corrected chi connectivity index (χ1v) is 9.93. The number of nitrogens with zero attached hydrogens (tertiary/aromatic N) is 2. The highest BCUT2D eigenvalue weighted by molar-refractivity contribution is 6.05. The van der Waals surface area contributed by atoms with E-state index in [4.69, 9.17) is 4.74 Å². The number of carbonyl (C=O) groups excluding carboxylic acids is 4. The predicted octanol–water partition coefficient (Wildman–Crippen LogP) is 2.31. The van der Waals surface area contributed by atoms with E-state index in [-0.39, 0.29) is 55.2 Å². The largest absolute Gasteiger partial charge is 0.455 e. The molecule has 1 aliphatic heterocycles. The van der Waals surface area contributed by atoms with E-state index in [1.165, 1.54) is 0 Å². The third-order valence-corrected chi connectivity index (χ3v) is 5.31. The van der Waals surface area contributed by atoms with Gasteiger partial charge in [0.25, 0.3) is 5.91 Å². The van der Waals surface area contributed by atoms with E-state index in [1.807, 2.05) is 56.3 Å². The van der Waals surface area contributed by atoms with Crippen LogP contribution in [0.5, 0.6) is 0 Å². The van der Waals surface area contributed by atoms with Gasteiger partial charge in [-0.3, -0.25) is 24.1 Å². The lowest BCUT2D eigenvalue weighted by atomic mass is 9.85. The van der Waals surface area contributed by atoms with E-state index >= 15 is 0 Å². The minimum atomic E-state index is -0.608. The molecule has 1 aliphatic carbocycles. The van der Waals surface area contributed by atoms with Crippen molar-refractivity contribution in [1.82, 2.24) is 4.90 Å². The molecule has 0 spiro atoms. The molecule has 1 fully saturated rings. The van der Waals surface area contributed by atoms with Gasteiger partial charge in [0.15, 0.2) is 6.61 Å². The number of hydrogen-bond acceptors (Lipinski definition) is 5. The second kappa shape index (κ2) is 9.03. The molecule has 0 radical (unpaired) electrons. The molecule has 3 amide bonds. The number of carbonyl (C=O) groups is 4. The van der Waals surface area contributed by atoms with Crippen LogP contribution in [0.4, 0.5) is 5.69 Å². The molecule has 154 valence electrons. The first kappa shape index (κ1) is 20.8. The molecule has 3 rings (SSSR count). The van der Waals surface area contributed by atoms with Crippen LogP contribution in [0.3, 0.4) is 0 Å². The van der Waals surface area contributed by atoms with Gasteiger partial charge in [-0.2, -0.15) is 0 Å². The van der Waals surface area contributed by atoms with E-state index in [1.54, 1.807) is 4.90 Å². The molecule has 0 bridgehead atoms. The number of allylic oxidation sites excluding steroid dienone is 2. The van der Waals surface area contributed by atoms with Gasteiger partial charge in [0.05, 0.1) is 18.3 Å². The van der Waals surface area contributed by atoms with Gasteiger partial charge in [-0.15, -0.1) is 0 Å². The van der Waals surface area contributed by atoms with Crippen LogP contribution in [0.1, 0.15) is 33.1 Å². The minimum Gasteiger partial charge on any atom is -0.455 e. The first-order chi connectivity index (χ1) is 13.9. The maximum atomic E-state index is 12.5. The van der Waals surface area contributed by atoms with Crippen LogP contribution in [0.15, 0.2) is 42.5 Å². The van der Waals surface area contributed by atoms with Crippen molar-refractivity contribution in [3.8, 4) is 0 Å². The molecule has 0 N–H and O–H groups in total. The minimum absolute atomic E-state index is 0.00965. The zero-order valence-electron chi connectivity index (χ0n) is 16.7. The Kier molecular flexibility index (Phi) is 6.46. The number of benzene rings is 1. The Bertz CT molecular complexity index is 792. The third-order valence-electron chi connectivity index (χ3n) is 5.31. The van der Waals surface area contributed by atoms with E-state index in [0.717, 1.165) is 10.6 Å². The standard InChI is InChI=1S/C22H26N2O5/c1-15(2)24(16-8-4-3-5-9-16)19(25)14-29-20(26)12-13-23-21(27)17-10-6-7-11-18(17)22(23)28/h3-9,15,17-18H,10-14H2,1-2H3/t17-,18-/m1/s1. The Morgan fingerprint density at radius 1 is 1.07 bits per heavy atom. The van der Waals surface area contributed by atoms with Crippen molar-refractivity contribution >= 4 is 29.4 Å². The Morgan fingerprint density at radius 3 is 2.21 bits per heavy atom. The van der Waals surface area contributed by atoms with Gasteiger partial charge < -0.3 is 9.64 Å². The highest BCUT2D eigenvalue weighted by Crippen LogP contribution is 2.35. The van der Waals surface area contributed by atoms with Crippen molar-refractivity contribution in [3.05, 3.63) is 42.5 Å². The van der Waals surface area contributed by atoms with Gasteiger partial charge >= 0.3 is 5.97 Å². The number of imide groups is 1. The van der Waals surface area contributed by atoms with Gasteiger partial charge in [0, 0.05) is 18.3 Å². The number of likely N-dealkylation sites (tertiary alicyclic amines) is 1. The molecule has 0 saturated carbocycles. The molecular formula is C22H26N2O5. The van der Waals surface area contributed by atoms with E-state index < -0.39 is 5.97 Å². The molecule has 7 nitrogen and oxygen atoms in total. The lowest BCUT2D eigenvalue weighted by Gasteiger charge is -2.26. The monoisotopic (exact) mass is 398 g/mol. The average molecular weight is 398 g/mol. The van der Waals surface area contributed by atoms with Gasteiger partial charge in [0.1, 0.15) is 0 Å². The van der Waals surface area contributed by atoms with Crippen LogP contribution in [-0.2, 0) is 23.9 Å². The van der Waals surface area contributed by atoms with Gasteiger partial charge in [-0.1, -0.05) is 30.4 Å². The quantitative estimate of drug-likeness (QED) is 0.400. The molecule has 7 heteroatoms. The molecule has 0 aromatic heterocycles. The fourth-order valence-corrected chi connectivity index (χ4v) is 3.90. The van der Waals surface area contributed by atoms with Crippen molar-refractivity contribution in [2.75, 3.05) is 18.1 Å². The Hall–Kier alpha value is -2.96. The number of amides is 3. The summed E-state index contributed by atoms with van der Waals surface area (Å²) < 4.78 is 5.11. The van der Waals surface area contributed by atoms with E-state index in [2.05, 4.69) is 0 Å². The molecule has 1 heterocycles. The van der Waals surface area contributed by atoms with Crippen molar-refractivity contribution < 1.29 is 23.9 Å². The fraction of sp³-hybridized carbons (Fsp3) is 0.455. The van der Waals surface area contributed by atoms with Crippen LogP contribution >= 0.6 is 0 Å². The number of para-hydroxylation sites is 1. The number of hydrogen-bond donors (Lipinski definition) is 0. The average Bonchev–Trinajstić information content (AvgIpc) is 2.96. The van der Waals surface area contributed by atoms with Crippen LogP contribution < -0.4 is 4.90 Å². The summed E-state index contributed by atoms with van der Waals surface area (Å²) in [6.45, 7) is 3.37. The third kappa shape index (κ3) is 4.55. The predicted molar refractivity (Wildman–Crippen MR) is 107 cm³/mol. The summed E-state index contributed by atoms with van der Waals surface area (Å²) in [6, 6.07) is 9.07. The summed E-state index contributed by atoms with van der Waals surface area (Å²) in [4.78, 5) is 52.2. The summed E-state index contributed by atoms with van der Waals surface area (Å²) in [6.07, 6.45) is 4.85. The Labute approximate surface area is 170 Å². The molecule has 2 aliphatic rings. The summed E-state index contributed by atoms with van der Waals surface area (Å²) in [5.41, 5.74) is 0.730. The van der Waals surface area contributed by atoms with Crippen molar-refractivity contribution in [1.29, 1.82) is 0 Å². The number of rotatable bonds is 7. The number of anilines is 1. The summed E-state index contributed by atoms with van der Waals surface area (Å²) in [5, 5.41) is 0. The summed E-state index contributed by atoms with van der Waals surface area (Å²) >= 11 is 0. The number of esters is 1. The van der Waals surface area contributed by atoms with Gasteiger partial charge in [0.2, 0.25) is 11.8 Å². The molecule has 2 atom stereocenters. The van der Waals surface area contributed by atoms with Crippen LogP contribution in [0, 0.1) is 11.8 Å². The van der Waals surface area contributed by atoms with Crippen molar-refractivity contribution in [3.63, 3.8) is 0 Å². The SMILES string of the molecule is CC(C)N(C(=O)COC(=O)CCN1C(=O)[C@@H]2CC=CC[C@H]2C1=O)c1ccccc1. The molecule has 1 aromatic carbocycles. The second-order valence-corrected chi connectivity index (χ2v) is 7.59. The Balaban J connectivity index is 1.50. The first-order valence-electron chi connectivity index (χ1n) is 9.93. The van der Waals surface area contributed by atoms with Crippen LogP contribution in [0.2, 0.25) is 0 Å². The lowest BCUT2D eigenvalue weighted by molar-refractivity contribution is -0.149. The number of fused-ring (bicyclic) bond motifs is 1. The molecule has 0 unspecified atom stereocenters. The summed E-state index contributed by atoms with van der Waals surface area (Å²) in [5.74, 6) is -1.99. The maximum absolute atomic E-state index is 12.5. The zero-order chi connectivity index (χ0) is 21.0. The van der Waals surface area contributed by atoms with Crippen molar-refractivity contribution in [2.45, 2.75) is 39.2 Å². The Morgan fingerprint density at radius 2 is 1.66 bits per heavy atom. The highest BCUT2D eigenvalue weighted by Gasteiger charge is 2.46. The van der Waals surface area contributed by atoms with Gasteiger partial charge in [-0.05, 0) is 38.8 Å². The lowest BCUT2D eigenvalue weighted by Crippen LogP contribution is -2.40. The fourth-order valence-electron chi connectivity index (χ4n) is 3.90. The molecule has 1 aromatic rings. The topological polar surface area (TPSA) is 84.0 Å². The molecular weight excluding hydrogens is 372 g/mol. The maximum Gasteiger partial charge on any atom is 0.308 e. The molecule has 29 heavy (non-hydrogen) atoms. The highest BCUT2D eigenvalue weighted by atomic mass is 16.5. The molecule has 1 saturated heterocycles. The normalized spacial score (nSPS) is 20.7. The summed E-state index contributed by atoms with van der Waals surface area (Å²) in [7, 11) is 0. The van der Waals surface area contributed by atoms with Crippen LogP contribution in [-0.4, -0.2) is 47.8 Å². The second-order valence-electron chi connectivity index (χ2n) is 7.59. The van der Waals surface area contributed by atoms with Gasteiger partial charge in [-0.25, -0.2) is 0 Å². The van der Waals surface area contributed by atoms with Crippen LogP contribution in [0.25, 0.3) is 0 Å². The van der Waals surface area contributed by atoms with E-state index in [9.17, 15) is 19.2 Å². The van der Waals surface area contributed by atoms with Crippen molar-refractivity contribution in [2.24, 2.45) is 11.8 Å².